The molecule has 0 bridgehead atoms. The second kappa shape index (κ2) is 6.11. The van der Waals surface area contributed by atoms with E-state index in [9.17, 15) is 0 Å². The predicted octanol–water partition coefficient (Wildman–Crippen LogP) is 3.39. The Balaban J connectivity index is 0.00000133. The number of anilines is 1. The van der Waals surface area contributed by atoms with E-state index in [1.54, 1.807) is 0 Å². The molecule has 19 heavy (non-hydrogen) atoms. The molecule has 2 atom stereocenters. The van der Waals surface area contributed by atoms with Gasteiger partial charge in [0.05, 0.1) is 6.04 Å². The van der Waals surface area contributed by atoms with Gasteiger partial charge in [-0.2, -0.15) is 0 Å². The minimum Gasteiger partial charge on any atom is -0.370 e. The topological polar surface area (TPSA) is 50.4 Å². The zero-order valence-corrected chi connectivity index (χ0v) is 13.6. The van der Waals surface area contributed by atoms with Gasteiger partial charge in [0.2, 0.25) is 0 Å². The maximum atomic E-state index is 5.94. The smallest absolute Gasteiger partial charge is 0.193 e. The number of rotatable bonds is 4. The molecule has 4 heteroatoms. The van der Waals surface area contributed by atoms with E-state index in [1.165, 1.54) is 24.8 Å². The Morgan fingerprint density at radius 3 is 2.58 bits per heavy atom. The third-order valence-electron chi connectivity index (χ3n) is 3.97. The Kier molecular flexibility index (Phi) is 4.71. The number of hydrogen-bond acceptors (Lipinski definition) is 1. The number of benzene rings is 1. The molecule has 0 saturated heterocycles. The van der Waals surface area contributed by atoms with E-state index in [1.807, 2.05) is 0 Å². The van der Waals surface area contributed by atoms with Crippen LogP contribution in [0.25, 0.3) is 0 Å². The Labute approximate surface area is 132 Å². The summed E-state index contributed by atoms with van der Waals surface area (Å²) in [4.78, 5) is 4.55. The van der Waals surface area contributed by atoms with Gasteiger partial charge >= 0.3 is 0 Å². The fraction of sp³-hybridized carbons (Fsp3) is 0.533. The number of halogens is 1. The highest BCUT2D eigenvalue weighted by atomic mass is 127. The van der Waals surface area contributed by atoms with Crippen LogP contribution in [0.2, 0.25) is 0 Å². The fourth-order valence-corrected chi connectivity index (χ4v) is 2.56. The van der Waals surface area contributed by atoms with Crippen molar-refractivity contribution in [1.29, 1.82) is 0 Å². The summed E-state index contributed by atoms with van der Waals surface area (Å²) in [5.74, 6) is 2.34. The number of aliphatic imine (C=N–C) groups is 1. The molecule has 3 N–H and O–H groups in total. The van der Waals surface area contributed by atoms with E-state index in [-0.39, 0.29) is 24.0 Å². The molecule has 0 unspecified atom stereocenters. The van der Waals surface area contributed by atoms with Crippen LogP contribution in [-0.4, -0.2) is 12.0 Å². The molecule has 3 rings (SSSR count). The molecule has 0 aliphatic heterocycles. The summed E-state index contributed by atoms with van der Waals surface area (Å²) in [6.45, 7) is 2.16. The molecule has 1 aromatic carbocycles. The molecule has 3 nitrogen and oxygen atoms in total. The molecule has 2 fully saturated rings. The van der Waals surface area contributed by atoms with Crippen molar-refractivity contribution in [1.82, 2.24) is 0 Å². The van der Waals surface area contributed by atoms with E-state index < -0.39 is 0 Å². The molecular formula is C15H22IN3. The number of hydrogen-bond donors (Lipinski definition) is 2. The van der Waals surface area contributed by atoms with E-state index in [0.29, 0.717) is 12.0 Å². The third kappa shape index (κ3) is 3.84. The lowest BCUT2D eigenvalue weighted by molar-refractivity contribution is 0.686. The molecule has 0 radical (unpaired) electrons. The first kappa shape index (κ1) is 14.6. The fourth-order valence-electron chi connectivity index (χ4n) is 2.56. The van der Waals surface area contributed by atoms with Crippen molar-refractivity contribution in [2.75, 3.05) is 5.32 Å². The minimum atomic E-state index is 0. The van der Waals surface area contributed by atoms with Crippen LogP contribution in [-0.2, 0) is 6.42 Å². The normalized spacial score (nSPS) is 25.6. The second-order valence-electron chi connectivity index (χ2n) is 5.49. The number of aryl methyl sites for hydroxylation is 1. The first-order valence-electron chi connectivity index (χ1n) is 6.95. The highest BCUT2D eigenvalue weighted by Gasteiger charge is 2.47. The van der Waals surface area contributed by atoms with Crippen molar-refractivity contribution in [2.45, 2.75) is 38.6 Å². The van der Waals surface area contributed by atoms with Gasteiger partial charge in [-0.25, -0.2) is 4.99 Å². The summed E-state index contributed by atoms with van der Waals surface area (Å²) in [6.07, 6.45) is 5.11. The monoisotopic (exact) mass is 371 g/mol. The summed E-state index contributed by atoms with van der Waals surface area (Å²) in [7, 11) is 0. The van der Waals surface area contributed by atoms with Gasteiger partial charge in [-0.15, -0.1) is 24.0 Å². The Morgan fingerprint density at radius 1 is 1.32 bits per heavy atom. The predicted molar refractivity (Wildman–Crippen MR) is 91.1 cm³/mol. The van der Waals surface area contributed by atoms with E-state index >= 15 is 0 Å². The lowest BCUT2D eigenvalue weighted by Gasteiger charge is -2.06. The van der Waals surface area contributed by atoms with Crippen LogP contribution in [0.3, 0.4) is 0 Å². The van der Waals surface area contributed by atoms with Crippen LogP contribution < -0.4 is 11.1 Å². The van der Waals surface area contributed by atoms with Crippen molar-refractivity contribution in [3.05, 3.63) is 29.8 Å². The van der Waals surface area contributed by atoms with Gasteiger partial charge in [0.15, 0.2) is 5.96 Å². The Hall–Kier alpha value is -0.780. The Bertz CT molecular complexity index is 451. The van der Waals surface area contributed by atoms with Gasteiger partial charge in [-0.3, -0.25) is 0 Å². The molecule has 2 saturated carbocycles. The largest absolute Gasteiger partial charge is 0.370 e. The summed E-state index contributed by atoms with van der Waals surface area (Å²) in [6, 6.07) is 8.86. The maximum absolute atomic E-state index is 5.94. The van der Waals surface area contributed by atoms with Crippen LogP contribution in [0.15, 0.2) is 29.3 Å². The van der Waals surface area contributed by atoms with Crippen molar-refractivity contribution in [3.8, 4) is 0 Å². The average Bonchev–Trinajstić information content (AvgIpc) is 3.23. The van der Waals surface area contributed by atoms with Gasteiger partial charge in [-0.1, -0.05) is 19.1 Å². The lowest BCUT2D eigenvalue weighted by atomic mass is 10.1. The number of nitrogens with zero attached hydrogens (tertiary/aromatic N) is 1. The second-order valence-corrected chi connectivity index (χ2v) is 5.49. The Morgan fingerprint density at radius 2 is 2.00 bits per heavy atom. The highest BCUT2D eigenvalue weighted by molar-refractivity contribution is 14.0. The van der Waals surface area contributed by atoms with E-state index in [4.69, 9.17) is 5.73 Å². The van der Waals surface area contributed by atoms with Gasteiger partial charge in [0, 0.05) is 5.69 Å². The van der Waals surface area contributed by atoms with Crippen molar-refractivity contribution < 1.29 is 0 Å². The van der Waals surface area contributed by atoms with E-state index in [0.717, 1.165) is 23.9 Å². The standard InChI is InChI=1S/C15H21N3.HI/c1-2-10-3-7-12(8-4-10)17-15(16)18-14-9-13(14)11-5-6-11;/h3-4,7-8,11,13-14H,2,5-6,9H2,1H3,(H3,16,17,18);1H/t13-,14+;/m0./s1. The quantitative estimate of drug-likeness (QED) is 0.484. The third-order valence-corrected chi connectivity index (χ3v) is 3.97. The number of guanidine groups is 1. The average molecular weight is 371 g/mol. The number of nitrogens with one attached hydrogen (secondary N) is 1. The summed E-state index contributed by atoms with van der Waals surface area (Å²) < 4.78 is 0. The SMILES string of the molecule is CCc1ccc(NC(N)=N[C@@H]2C[C@H]2C2CC2)cc1.I. The van der Waals surface area contributed by atoms with Gasteiger partial charge in [0.1, 0.15) is 0 Å². The summed E-state index contributed by atoms with van der Waals surface area (Å²) in [5, 5.41) is 3.17. The summed E-state index contributed by atoms with van der Waals surface area (Å²) in [5.41, 5.74) is 8.30. The molecular weight excluding hydrogens is 349 g/mol. The molecule has 0 amide bonds. The molecule has 1 aromatic rings. The van der Waals surface area contributed by atoms with Gasteiger partial charge < -0.3 is 11.1 Å². The van der Waals surface area contributed by atoms with Crippen molar-refractivity contribution in [2.24, 2.45) is 22.6 Å². The molecule has 2 aliphatic carbocycles. The molecule has 0 spiro atoms. The van der Waals surface area contributed by atoms with E-state index in [2.05, 4.69) is 41.5 Å². The zero-order chi connectivity index (χ0) is 12.5. The van der Waals surface area contributed by atoms with Crippen LogP contribution in [0.5, 0.6) is 0 Å². The van der Waals surface area contributed by atoms with Gasteiger partial charge in [0.25, 0.3) is 0 Å². The van der Waals surface area contributed by atoms with Crippen molar-refractivity contribution >= 4 is 35.6 Å². The molecule has 2 aliphatic rings. The summed E-state index contributed by atoms with van der Waals surface area (Å²) >= 11 is 0. The molecule has 0 heterocycles. The van der Waals surface area contributed by atoms with Crippen LogP contribution in [0.4, 0.5) is 5.69 Å². The maximum Gasteiger partial charge on any atom is 0.193 e. The highest BCUT2D eigenvalue weighted by Crippen LogP contribution is 2.51. The van der Waals surface area contributed by atoms with Gasteiger partial charge in [-0.05, 0) is 55.2 Å². The van der Waals surface area contributed by atoms with Crippen LogP contribution >= 0.6 is 24.0 Å². The number of nitrogens with two attached hydrogens (primary N) is 1. The first-order chi connectivity index (χ1) is 8.76. The van der Waals surface area contributed by atoms with Crippen LogP contribution in [0, 0.1) is 11.8 Å². The lowest BCUT2D eigenvalue weighted by Crippen LogP contribution is -2.23. The first-order valence-corrected chi connectivity index (χ1v) is 6.95. The van der Waals surface area contributed by atoms with Crippen molar-refractivity contribution in [3.63, 3.8) is 0 Å². The molecule has 0 aromatic heterocycles. The zero-order valence-electron chi connectivity index (χ0n) is 11.3. The minimum absolute atomic E-state index is 0. The van der Waals surface area contributed by atoms with Crippen LogP contribution in [0.1, 0.15) is 31.7 Å². The molecule has 104 valence electrons.